The molecule has 29 heavy (non-hydrogen) atoms. The molecule has 1 aromatic heterocycles. The fourth-order valence-electron chi connectivity index (χ4n) is 3.24. The molecule has 0 bridgehead atoms. The van der Waals surface area contributed by atoms with Gasteiger partial charge in [0, 0.05) is 56.9 Å². The summed E-state index contributed by atoms with van der Waals surface area (Å²) in [6.07, 6.45) is 4.36. The minimum atomic E-state index is -0.264. The van der Waals surface area contributed by atoms with Crippen LogP contribution in [0.25, 0.3) is 0 Å². The molecule has 2 aromatic rings. The van der Waals surface area contributed by atoms with E-state index in [0.717, 1.165) is 0 Å². The van der Waals surface area contributed by atoms with Crippen LogP contribution in [0.15, 0.2) is 48.8 Å². The predicted octanol–water partition coefficient (Wildman–Crippen LogP) is 2.67. The van der Waals surface area contributed by atoms with Gasteiger partial charge in [-0.1, -0.05) is 6.07 Å². The second-order valence-corrected chi connectivity index (χ2v) is 7.20. The molecule has 0 saturated carbocycles. The number of amides is 4. The maximum absolute atomic E-state index is 12.6. The molecule has 1 aliphatic heterocycles. The molecule has 0 unspecified atom stereocenters. The SMILES string of the molecule is CN(C)C(=O)N1CCC(C(=O)Nc2cccc(NC(=O)c3cccnc3)c2)CC1. The molecule has 1 aliphatic rings. The van der Waals surface area contributed by atoms with Gasteiger partial charge in [0.25, 0.3) is 5.91 Å². The molecule has 0 spiro atoms. The Kier molecular flexibility index (Phi) is 6.43. The van der Waals surface area contributed by atoms with Gasteiger partial charge in [0.15, 0.2) is 0 Å². The van der Waals surface area contributed by atoms with Crippen LogP contribution in [0.4, 0.5) is 16.2 Å². The zero-order valence-corrected chi connectivity index (χ0v) is 16.6. The highest BCUT2D eigenvalue weighted by Crippen LogP contribution is 2.22. The number of pyridine rings is 1. The predicted molar refractivity (Wildman–Crippen MR) is 111 cm³/mol. The van der Waals surface area contributed by atoms with Gasteiger partial charge in [-0.2, -0.15) is 0 Å². The first-order valence-electron chi connectivity index (χ1n) is 9.52. The number of benzene rings is 1. The van der Waals surface area contributed by atoms with Crippen molar-refractivity contribution in [1.29, 1.82) is 0 Å². The van der Waals surface area contributed by atoms with E-state index in [1.165, 1.54) is 6.20 Å². The fraction of sp³-hybridized carbons (Fsp3) is 0.333. The van der Waals surface area contributed by atoms with Crippen molar-refractivity contribution in [2.24, 2.45) is 5.92 Å². The van der Waals surface area contributed by atoms with Crippen LogP contribution >= 0.6 is 0 Å². The van der Waals surface area contributed by atoms with Crippen LogP contribution < -0.4 is 10.6 Å². The number of urea groups is 1. The minimum Gasteiger partial charge on any atom is -0.331 e. The molecule has 3 rings (SSSR count). The monoisotopic (exact) mass is 395 g/mol. The topological polar surface area (TPSA) is 94.6 Å². The second-order valence-electron chi connectivity index (χ2n) is 7.20. The zero-order valence-electron chi connectivity index (χ0n) is 16.6. The van der Waals surface area contributed by atoms with E-state index in [-0.39, 0.29) is 23.8 Å². The largest absolute Gasteiger partial charge is 0.331 e. The van der Waals surface area contributed by atoms with Gasteiger partial charge in [0.2, 0.25) is 5.91 Å². The molecule has 0 aliphatic carbocycles. The van der Waals surface area contributed by atoms with E-state index in [4.69, 9.17) is 0 Å². The lowest BCUT2D eigenvalue weighted by Gasteiger charge is -2.33. The molecule has 152 valence electrons. The number of carbonyl (C=O) groups is 3. The van der Waals surface area contributed by atoms with Gasteiger partial charge in [0.05, 0.1) is 5.56 Å². The summed E-state index contributed by atoms with van der Waals surface area (Å²) in [5.74, 6) is -0.480. The number of piperidine rings is 1. The summed E-state index contributed by atoms with van der Waals surface area (Å²) in [7, 11) is 3.45. The van der Waals surface area contributed by atoms with Crippen molar-refractivity contribution in [1.82, 2.24) is 14.8 Å². The third kappa shape index (κ3) is 5.31. The van der Waals surface area contributed by atoms with Crippen LogP contribution in [0.2, 0.25) is 0 Å². The first kappa shape index (κ1) is 20.3. The summed E-state index contributed by atoms with van der Waals surface area (Å²) in [6.45, 7) is 1.13. The average Bonchev–Trinajstić information content (AvgIpc) is 2.74. The molecule has 0 atom stereocenters. The Morgan fingerprint density at radius 2 is 1.72 bits per heavy atom. The first-order chi connectivity index (χ1) is 13.9. The number of hydrogen-bond donors (Lipinski definition) is 2. The lowest BCUT2D eigenvalue weighted by Crippen LogP contribution is -2.45. The summed E-state index contributed by atoms with van der Waals surface area (Å²) in [4.78, 5) is 44.1. The van der Waals surface area contributed by atoms with Crippen molar-refractivity contribution < 1.29 is 14.4 Å². The Hall–Kier alpha value is -3.42. The van der Waals surface area contributed by atoms with Gasteiger partial charge in [0.1, 0.15) is 0 Å². The van der Waals surface area contributed by atoms with E-state index < -0.39 is 0 Å². The average molecular weight is 395 g/mol. The number of rotatable bonds is 4. The quantitative estimate of drug-likeness (QED) is 0.832. The van der Waals surface area contributed by atoms with Gasteiger partial charge >= 0.3 is 6.03 Å². The van der Waals surface area contributed by atoms with Gasteiger partial charge in [-0.25, -0.2) is 4.79 Å². The molecule has 1 saturated heterocycles. The number of aromatic nitrogens is 1. The van der Waals surface area contributed by atoms with Crippen LogP contribution in [0, 0.1) is 5.92 Å². The Morgan fingerprint density at radius 3 is 2.34 bits per heavy atom. The number of nitrogens with zero attached hydrogens (tertiary/aromatic N) is 3. The third-order valence-corrected chi connectivity index (χ3v) is 4.83. The summed E-state index contributed by atoms with van der Waals surface area (Å²) >= 11 is 0. The van der Waals surface area contributed by atoms with Crippen molar-refractivity contribution >= 4 is 29.2 Å². The highest BCUT2D eigenvalue weighted by atomic mass is 16.2. The molecule has 1 fully saturated rings. The van der Waals surface area contributed by atoms with Crippen LogP contribution in [0.3, 0.4) is 0 Å². The lowest BCUT2D eigenvalue weighted by atomic mass is 9.96. The number of nitrogens with one attached hydrogen (secondary N) is 2. The standard InChI is InChI=1S/C21H25N5O3/c1-25(2)21(29)26-11-8-15(9-12-26)19(27)23-17-6-3-7-18(13-17)24-20(28)16-5-4-10-22-14-16/h3-7,10,13-15H,8-9,11-12H2,1-2H3,(H,23,27)(H,24,28). The smallest absolute Gasteiger partial charge is 0.319 e. The van der Waals surface area contributed by atoms with Crippen LogP contribution in [-0.4, -0.2) is 59.8 Å². The number of likely N-dealkylation sites (tertiary alicyclic amines) is 1. The van der Waals surface area contributed by atoms with Gasteiger partial charge in [-0.3, -0.25) is 14.6 Å². The van der Waals surface area contributed by atoms with Crippen molar-refractivity contribution in [3.05, 3.63) is 54.4 Å². The van der Waals surface area contributed by atoms with Gasteiger partial charge < -0.3 is 20.4 Å². The van der Waals surface area contributed by atoms with Crippen molar-refractivity contribution in [2.45, 2.75) is 12.8 Å². The normalized spacial score (nSPS) is 14.2. The number of carbonyl (C=O) groups excluding carboxylic acids is 3. The summed E-state index contributed by atoms with van der Waals surface area (Å²) in [6, 6.07) is 10.4. The first-order valence-corrected chi connectivity index (χ1v) is 9.52. The number of hydrogen-bond acceptors (Lipinski definition) is 4. The van der Waals surface area contributed by atoms with E-state index in [1.54, 1.807) is 66.5 Å². The summed E-state index contributed by atoms with van der Waals surface area (Å²) in [5, 5.41) is 5.72. The Labute approximate surface area is 169 Å². The Balaban J connectivity index is 1.56. The maximum atomic E-state index is 12.6. The third-order valence-electron chi connectivity index (χ3n) is 4.83. The van der Waals surface area contributed by atoms with E-state index in [1.807, 2.05) is 0 Å². The molecule has 8 heteroatoms. The second kappa shape index (κ2) is 9.18. The zero-order chi connectivity index (χ0) is 20.8. The van der Waals surface area contributed by atoms with Crippen molar-refractivity contribution in [3.63, 3.8) is 0 Å². The molecule has 2 N–H and O–H groups in total. The highest BCUT2D eigenvalue weighted by Gasteiger charge is 2.28. The Bertz CT molecular complexity index is 877. The molecular weight excluding hydrogens is 370 g/mol. The van der Waals surface area contributed by atoms with Gasteiger partial charge in [-0.15, -0.1) is 0 Å². The minimum absolute atomic E-state index is 0.0269. The van der Waals surface area contributed by atoms with Crippen LogP contribution in [0.1, 0.15) is 23.2 Å². The van der Waals surface area contributed by atoms with E-state index in [9.17, 15) is 14.4 Å². The van der Waals surface area contributed by atoms with Crippen LogP contribution in [0.5, 0.6) is 0 Å². The Morgan fingerprint density at radius 1 is 1.03 bits per heavy atom. The van der Waals surface area contributed by atoms with E-state index >= 15 is 0 Å². The molecular formula is C21H25N5O3. The molecule has 2 heterocycles. The highest BCUT2D eigenvalue weighted by molar-refractivity contribution is 6.04. The molecule has 0 radical (unpaired) electrons. The van der Waals surface area contributed by atoms with E-state index in [0.29, 0.717) is 42.9 Å². The number of anilines is 2. The van der Waals surface area contributed by atoms with Crippen molar-refractivity contribution in [3.8, 4) is 0 Å². The van der Waals surface area contributed by atoms with Gasteiger partial charge in [-0.05, 0) is 43.2 Å². The van der Waals surface area contributed by atoms with E-state index in [2.05, 4.69) is 15.6 Å². The summed E-state index contributed by atoms with van der Waals surface area (Å²) < 4.78 is 0. The lowest BCUT2D eigenvalue weighted by molar-refractivity contribution is -0.121. The van der Waals surface area contributed by atoms with Crippen molar-refractivity contribution in [2.75, 3.05) is 37.8 Å². The molecule has 8 nitrogen and oxygen atoms in total. The summed E-state index contributed by atoms with van der Waals surface area (Å²) in [5.41, 5.74) is 1.66. The fourth-order valence-corrected chi connectivity index (χ4v) is 3.24. The molecule has 4 amide bonds. The maximum Gasteiger partial charge on any atom is 0.319 e. The van der Waals surface area contributed by atoms with Crippen LogP contribution in [-0.2, 0) is 4.79 Å². The molecule has 1 aromatic carbocycles.